The van der Waals surface area contributed by atoms with Crippen LogP contribution < -0.4 is 10.5 Å². The SMILES string of the molecule is CCOC(=O)C(Oc1ccc(F)c(C(N)=O)c1F)C1=NC(c2ccc(C(F)(F)F)cc2)CO1. The third kappa shape index (κ3) is 5.21. The molecule has 176 valence electrons. The van der Waals surface area contributed by atoms with Crippen molar-refractivity contribution in [1.29, 1.82) is 0 Å². The molecule has 33 heavy (non-hydrogen) atoms. The zero-order valence-electron chi connectivity index (χ0n) is 17.0. The monoisotopic (exact) mass is 472 g/mol. The molecule has 7 nitrogen and oxygen atoms in total. The molecule has 1 amide bonds. The Hall–Kier alpha value is -3.70. The summed E-state index contributed by atoms with van der Waals surface area (Å²) in [6.45, 7) is 1.28. The third-order valence-electron chi connectivity index (χ3n) is 4.57. The fourth-order valence-corrected chi connectivity index (χ4v) is 3.00. The van der Waals surface area contributed by atoms with E-state index in [2.05, 4.69) is 4.99 Å². The molecule has 2 unspecified atom stereocenters. The molecule has 2 aromatic rings. The molecular weight excluding hydrogens is 455 g/mol. The number of primary amides is 1. The number of aliphatic imine (C=N–C) groups is 1. The summed E-state index contributed by atoms with van der Waals surface area (Å²) in [5, 5.41) is 0. The van der Waals surface area contributed by atoms with Crippen molar-refractivity contribution in [3.8, 4) is 5.75 Å². The molecule has 0 aromatic heterocycles. The minimum absolute atomic E-state index is 0.0766. The van der Waals surface area contributed by atoms with Crippen molar-refractivity contribution in [1.82, 2.24) is 0 Å². The van der Waals surface area contributed by atoms with Crippen LogP contribution >= 0.6 is 0 Å². The van der Waals surface area contributed by atoms with Crippen molar-refractivity contribution in [2.45, 2.75) is 25.2 Å². The molecule has 3 rings (SSSR count). The van der Waals surface area contributed by atoms with Gasteiger partial charge in [-0.3, -0.25) is 4.79 Å². The van der Waals surface area contributed by atoms with Gasteiger partial charge in [0, 0.05) is 0 Å². The first-order chi connectivity index (χ1) is 15.5. The molecule has 0 radical (unpaired) electrons. The second-order valence-electron chi connectivity index (χ2n) is 6.76. The first kappa shape index (κ1) is 24.0. The second-order valence-corrected chi connectivity index (χ2v) is 6.76. The highest BCUT2D eigenvalue weighted by molar-refractivity contribution is 6.02. The summed E-state index contributed by atoms with van der Waals surface area (Å²) in [6.07, 6.45) is -6.24. The number of rotatable bonds is 7. The summed E-state index contributed by atoms with van der Waals surface area (Å²) in [7, 11) is 0. The van der Waals surface area contributed by atoms with Gasteiger partial charge in [-0.2, -0.15) is 13.2 Å². The van der Waals surface area contributed by atoms with Gasteiger partial charge in [0.2, 0.25) is 5.90 Å². The van der Waals surface area contributed by atoms with Crippen LogP contribution in [0.2, 0.25) is 0 Å². The molecule has 1 aliphatic heterocycles. The summed E-state index contributed by atoms with van der Waals surface area (Å²) in [5.41, 5.74) is 3.43. The summed E-state index contributed by atoms with van der Waals surface area (Å²) >= 11 is 0. The molecule has 12 heteroatoms. The number of alkyl halides is 3. The van der Waals surface area contributed by atoms with Crippen LogP contribution in [0, 0.1) is 11.6 Å². The maximum atomic E-state index is 14.6. The number of hydrogen-bond acceptors (Lipinski definition) is 6. The fourth-order valence-electron chi connectivity index (χ4n) is 3.00. The van der Waals surface area contributed by atoms with Crippen molar-refractivity contribution >= 4 is 17.8 Å². The Morgan fingerprint density at radius 2 is 1.85 bits per heavy atom. The van der Waals surface area contributed by atoms with Crippen molar-refractivity contribution in [3.63, 3.8) is 0 Å². The molecule has 2 N–H and O–H groups in total. The molecular formula is C21H17F5N2O5. The highest BCUT2D eigenvalue weighted by atomic mass is 19.4. The highest BCUT2D eigenvalue weighted by Crippen LogP contribution is 2.32. The molecule has 0 fully saturated rings. The lowest BCUT2D eigenvalue weighted by atomic mass is 10.1. The number of amides is 1. The molecule has 0 spiro atoms. The Balaban J connectivity index is 1.90. The molecule has 0 saturated heterocycles. The minimum Gasteiger partial charge on any atom is -0.475 e. The Morgan fingerprint density at radius 1 is 1.18 bits per heavy atom. The van der Waals surface area contributed by atoms with E-state index < -0.39 is 58.7 Å². The summed E-state index contributed by atoms with van der Waals surface area (Å²) in [4.78, 5) is 27.9. The van der Waals surface area contributed by atoms with Crippen LogP contribution in [-0.4, -0.2) is 37.1 Å². The molecule has 0 aliphatic carbocycles. The van der Waals surface area contributed by atoms with E-state index in [9.17, 15) is 31.5 Å². The van der Waals surface area contributed by atoms with Gasteiger partial charge in [-0.1, -0.05) is 12.1 Å². The quantitative estimate of drug-likeness (QED) is 0.491. The number of halogens is 5. The van der Waals surface area contributed by atoms with E-state index in [-0.39, 0.29) is 19.1 Å². The smallest absolute Gasteiger partial charge is 0.416 e. The number of hydrogen-bond donors (Lipinski definition) is 1. The van der Waals surface area contributed by atoms with Gasteiger partial charge in [-0.15, -0.1) is 0 Å². The van der Waals surface area contributed by atoms with Crippen molar-refractivity contribution in [3.05, 3.63) is 64.7 Å². The Morgan fingerprint density at radius 3 is 2.42 bits per heavy atom. The van der Waals surface area contributed by atoms with Gasteiger partial charge in [-0.25, -0.2) is 18.6 Å². The second kappa shape index (κ2) is 9.43. The maximum Gasteiger partial charge on any atom is 0.416 e. The van der Waals surface area contributed by atoms with Crippen LogP contribution in [0.1, 0.15) is 34.5 Å². The van der Waals surface area contributed by atoms with Crippen LogP contribution in [0.5, 0.6) is 5.75 Å². The van der Waals surface area contributed by atoms with Gasteiger partial charge < -0.3 is 19.9 Å². The average molecular weight is 472 g/mol. The normalized spacial score (nSPS) is 16.5. The van der Waals surface area contributed by atoms with Crippen LogP contribution in [0.3, 0.4) is 0 Å². The zero-order valence-corrected chi connectivity index (χ0v) is 17.0. The van der Waals surface area contributed by atoms with Gasteiger partial charge in [0.05, 0.1) is 12.2 Å². The average Bonchev–Trinajstić information content (AvgIpc) is 3.22. The van der Waals surface area contributed by atoms with E-state index in [4.69, 9.17) is 19.9 Å². The van der Waals surface area contributed by atoms with Crippen LogP contribution in [0.25, 0.3) is 0 Å². The number of nitrogens with two attached hydrogens (primary N) is 1. The molecule has 1 aliphatic rings. The fraction of sp³-hybridized carbons (Fsp3) is 0.286. The standard InChI is InChI=1S/C21H17F5N2O5/c1-2-31-20(30)17(33-14-8-7-12(22)15(16(14)23)18(27)29)19-28-13(9-32-19)10-3-5-11(6-4-10)21(24,25)26/h3-8,13,17H,2,9H2,1H3,(H2,27,29). The van der Waals surface area contributed by atoms with Crippen LogP contribution in [0.15, 0.2) is 41.4 Å². The van der Waals surface area contributed by atoms with Crippen LogP contribution in [-0.2, 0) is 20.4 Å². The van der Waals surface area contributed by atoms with Gasteiger partial charge in [0.15, 0.2) is 11.6 Å². The summed E-state index contributed by atoms with van der Waals surface area (Å²) in [5.74, 6) is -6.09. The lowest BCUT2D eigenvalue weighted by Crippen LogP contribution is -2.38. The molecule has 0 saturated carbocycles. The first-order valence-corrected chi connectivity index (χ1v) is 9.51. The van der Waals surface area contributed by atoms with Gasteiger partial charge in [0.1, 0.15) is 24.0 Å². The topological polar surface area (TPSA) is 100 Å². The largest absolute Gasteiger partial charge is 0.475 e. The number of carbonyl (C=O) groups is 2. The van der Waals surface area contributed by atoms with Gasteiger partial charge in [0.25, 0.3) is 12.0 Å². The number of carbonyl (C=O) groups excluding carboxylic acids is 2. The Kier molecular flexibility index (Phi) is 6.84. The highest BCUT2D eigenvalue weighted by Gasteiger charge is 2.37. The number of benzene rings is 2. The van der Waals surface area contributed by atoms with E-state index in [1.165, 1.54) is 19.1 Å². The van der Waals surface area contributed by atoms with Gasteiger partial charge >= 0.3 is 12.1 Å². The van der Waals surface area contributed by atoms with E-state index in [0.717, 1.165) is 24.3 Å². The predicted octanol–water partition coefficient (Wildman–Crippen LogP) is 3.56. The lowest BCUT2D eigenvalue weighted by molar-refractivity contribution is -0.148. The van der Waals surface area contributed by atoms with Crippen molar-refractivity contribution in [2.24, 2.45) is 10.7 Å². The number of ether oxygens (including phenoxy) is 3. The van der Waals surface area contributed by atoms with Crippen molar-refractivity contribution in [2.75, 3.05) is 13.2 Å². The van der Waals surface area contributed by atoms with E-state index >= 15 is 0 Å². The minimum atomic E-state index is -4.51. The number of esters is 1. The van der Waals surface area contributed by atoms with E-state index in [0.29, 0.717) is 5.56 Å². The first-order valence-electron chi connectivity index (χ1n) is 9.51. The summed E-state index contributed by atoms with van der Waals surface area (Å²) in [6, 6.07) is 4.96. The zero-order chi connectivity index (χ0) is 24.3. The lowest BCUT2D eigenvalue weighted by Gasteiger charge is -2.18. The maximum absolute atomic E-state index is 14.6. The van der Waals surface area contributed by atoms with E-state index in [1.807, 2.05) is 0 Å². The molecule has 0 bridgehead atoms. The Bertz CT molecular complexity index is 1090. The third-order valence-corrected chi connectivity index (χ3v) is 4.57. The summed E-state index contributed by atoms with van der Waals surface area (Å²) < 4.78 is 82.2. The Labute approximate surface area is 183 Å². The van der Waals surface area contributed by atoms with Crippen LogP contribution in [0.4, 0.5) is 22.0 Å². The molecule has 2 aromatic carbocycles. The molecule has 1 heterocycles. The van der Waals surface area contributed by atoms with Gasteiger partial charge in [-0.05, 0) is 36.8 Å². The molecule has 2 atom stereocenters. The number of nitrogens with zero attached hydrogens (tertiary/aromatic N) is 1. The van der Waals surface area contributed by atoms with Crippen molar-refractivity contribution < 1.29 is 45.8 Å². The predicted molar refractivity (Wildman–Crippen MR) is 103 cm³/mol. The van der Waals surface area contributed by atoms with E-state index in [1.54, 1.807) is 0 Å².